The molecule has 0 aromatic rings. The summed E-state index contributed by atoms with van der Waals surface area (Å²) in [5, 5.41) is 23.8. The Bertz CT molecular complexity index is 1320. The van der Waals surface area contributed by atoms with Crippen molar-refractivity contribution in [1.82, 2.24) is 5.32 Å². The van der Waals surface area contributed by atoms with E-state index in [1.807, 2.05) is 6.08 Å². The molecule has 6 heteroatoms. The second kappa shape index (κ2) is 53.7. The van der Waals surface area contributed by atoms with Gasteiger partial charge in [-0.25, -0.2) is 0 Å². The van der Waals surface area contributed by atoms with Gasteiger partial charge in [0.1, 0.15) is 6.10 Å². The number of ether oxygens (including phenoxy) is 1. The zero-order chi connectivity index (χ0) is 48.8. The van der Waals surface area contributed by atoms with Crippen LogP contribution in [-0.4, -0.2) is 46.9 Å². The molecule has 0 aromatic heterocycles. The number of hydrogen-bond donors (Lipinski definition) is 3. The average Bonchev–Trinajstić information content (AvgIpc) is 3.32. The van der Waals surface area contributed by atoms with E-state index in [0.717, 1.165) is 83.5 Å². The highest BCUT2D eigenvalue weighted by Crippen LogP contribution is 2.17. The number of hydrogen-bond acceptors (Lipinski definition) is 5. The molecule has 0 saturated heterocycles. The molecule has 0 aliphatic heterocycles. The molecule has 0 fully saturated rings. The Morgan fingerprint density at radius 2 is 0.806 bits per heavy atom. The van der Waals surface area contributed by atoms with Gasteiger partial charge in [-0.05, 0) is 96.3 Å². The highest BCUT2D eigenvalue weighted by atomic mass is 16.5. The maximum atomic E-state index is 13.2. The highest BCUT2D eigenvalue weighted by Gasteiger charge is 2.24. The molecule has 0 saturated carbocycles. The normalized spacial score (nSPS) is 13.9. The van der Waals surface area contributed by atoms with Crippen molar-refractivity contribution in [3.8, 4) is 0 Å². The van der Waals surface area contributed by atoms with Gasteiger partial charge in [0.05, 0.1) is 25.2 Å². The van der Waals surface area contributed by atoms with E-state index in [2.05, 4.69) is 117 Å². The van der Waals surface area contributed by atoms with Crippen molar-refractivity contribution < 1.29 is 24.5 Å². The van der Waals surface area contributed by atoms with Crippen molar-refractivity contribution in [1.29, 1.82) is 0 Å². The molecule has 6 nitrogen and oxygen atoms in total. The standard InChI is InChI=1S/C61H105NO5/c1-4-7-10-13-16-19-22-25-28-30-32-35-38-41-44-47-50-53-59(64)58(56-63)62-60(65)55-57(52-49-46-43-40-37-34-31-27-24-21-18-15-12-9-6-3)67-61(66)54-51-48-45-42-39-36-33-29-26-23-20-17-14-11-8-5-2/h8,11,17-18,20-21,26-27,29,31,36-37,39-40,45,48,57-59,63-64H,4-7,9-10,12-16,19,22-25,28,30,32-35,38,41-44,46-47,49-56H2,1-3H3,(H,62,65)/b11-8+,20-17+,21-18-,29-26+,31-27-,39-36+,40-37-,48-45+. The Kier molecular flexibility index (Phi) is 51.1. The van der Waals surface area contributed by atoms with E-state index in [4.69, 9.17) is 4.74 Å². The van der Waals surface area contributed by atoms with Gasteiger partial charge in [-0.1, -0.05) is 240 Å². The zero-order valence-electron chi connectivity index (χ0n) is 43.8. The molecule has 3 unspecified atom stereocenters. The van der Waals surface area contributed by atoms with Gasteiger partial charge in [-0.3, -0.25) is 9.59 Å². The molecule has 0 aromatic carbocycles. The lowest BCUT2D eigenvalue weighted by atomic mass is 10.0. The Morgan fingerprint density at radius 3 is 1.24 bits per heavy atom. The third-order valence-electron chi connectivity index (χ3n) is 12.2. The molecule has 0 heterocycles. The van der Waals surface area contributed by atoms with Crippen molar-refractivity contribution >= 4 is 11.9 Å². The lowest BCUT2D eigenvalue weighted by Crippen LogP contribution is -2.46. The number of allylic oxidation sites excluding steroid dienone is 16. The first-order valence-electron chi connectivity index (χ1n) is 28.0. The molecule has 0 rings (SSSR count). The van der Waals surface area contributed by atoms with E-state index in [-0.39, 0.29) is 31.3 Å². The van der Waals surface area contributed by atoms with Crippen LogP contribution < -0.4 is 5.32 Å². The Hall–Kier alpha value is -3.22. The third kappa shape index (κ3) is 49.0. The van der Waals surface area contributed by atoms with E-state index < -0.39 is 18.2 Å². The number of carbonyl (C=O) groups excluding carboxylic acids is 2. The number of amides is 1. The number of unbranched alkanes of at least 4 members (excludes halogenated alkanes) is 21. The predicted octanol–water partition coefficient (Wildman–Crippen LogP) is 17.3. The average molecular weight is 933 g/mol. The monoisotopic (exact) mass is 932 g/mol. The zero-order valence-corrected chi connectivity index (χ0v) is 43.8. The van der Waals surface area contributed by atoms with Gasteiger partial charge < -0.3 is 20.3 Å². The maximum absolute atomic E-state index is 13.2. The minimum Gasteiger partial charge on any atom is -0.462 e. The number of rotatable bonds is 49. The third-order valence-corrected chi connectivity index (χ3v) is 12.2. The van der Waals surface area contributed by atoms with E-state index in [1.165, 1.54) is 116 Å². The predicted molar refractivity (Wildman–Crippen MR) is 291 cm³/mol. The van der Waals surface area contributed by atoms with Gasteiger partial charge in [0, 0.05) is 6.42 Å². The lowest BCUT2D eigenvalue weighted by molar-refractivity contribution is -0.150. The summed E-state index contributed by atoms with van der Waals surface area (Å²) in [6.07, 6.45) is 71.9. The molecular weight excluding hydrogens is 827 g/mol. The molecule has 0 bridgehead atoms. The van der Waals surface area contributed by atoms with Crippen molar-refractivity contribution in [3.63, 3.8) is 0 Å². The minimum atomic E-state index is -0.816. The van der Waals surface area contributed by atoms with E-state index in [0.29, 0.717) is 19.3 Å². The van der Waals surface area contributed by atoms with Gasteiger partial charge in [0.2, 0.25) is 5.91 Å². The van der Waals surface area contributed by atoms with Crippen molar-refractivity contribution in [2.45, 2.75) is 270 Å². The topological polar surface area (TPSA) is 95.9 Å². The number of aliphatic hydroxyl groups excluding tert-OH is 2. The Labute approximate surface area is 414 Å². The summed E-state index contributed by atoms with van der Waals surface area (Å²) in [5.41, 5.74) is 0. The SMILES string of the molecule is CC/C=C/C/C=C/C/C=C/C/C=C/C/C=C/CCC(=O)OC(CCCC/C=C\C/C=C\C/C=C\CCCCC)CC(=O)NC(CO)C(O)CCCCCCCCCCCCCCCCCCC. The van der Waals surface area contributed by atoms with E-state index in [9.17, 15) is 19.8 Å². The smallest absolute Gasteiger partial charge is 0.306 e. The van der Waals surface area contributed by atoms with Crippen LogP contribution >= 0.6 is 0 Å². The second-order valence-corrected chi connectivity index (χ2v) is 18.6. The van der Waals surface area contributed by atoms with Crippen LogP contribution in [0.1, 0.15) is 252 Å². The lowest BCUT2D eigenvalue weighted by Gasteiger charge is -2.24. The van der Waals surface area contributed by atoms with Gasteiger partial charge in [-0.15, -0.1) is 0 Å². The summed E-state index contributed by atoms with van der Waals surface area (Å²) in [6, 6.07) is -0.735. The molecular formula is C61H105NO5. The van der Waals surface area contributed by atoms with Crippen LogP contribution in [0.4, 0.5) is 0 Å². The quantitative estimate of drug-likeness (QED) is 0.0321. The number of aliphatic hydroxyl groups is 2. The van der Waals surface area contributed by atoms with Crippen LogP contribution in [0.25, 0.3) is 0 Å². The second-order valence-electron chi connectivity index (χ2n) is 18.6. The number of esters is 1. The maximum Gasteiger partial charge on any atom is 0.306 e. The molecule has 0 radical (unpaired) electrons. The van der Waals surface area contributed by atoms with Gasteiger partial charge in [-0.2, -0.15) is 0 Å². The molecule has 67 heavy (non-hydrogen) atoms. The first kappa shape index (κ1) is 63.8. The molecule has 1 amide bonds. The fourth-order valence-electron chi connectivity index (χ4n) is 7.96. The molecule has 0 aliphatic rings. The van der Waals surface area contributed by atoms with Crippen molar-refractivity contribution in [2.24, 2.45) is 0 Å². The van der Waals surface area contributed by atoms with Crippen LogP contribution in [0.15, 0.2) is 97.2 Å². The molecule has 384 valence electrons. The first-order valence-corrected chi connectivity index (χ1v) is 28.0. The first-order chi connectivity index (χ1) is 33.0. The molecule has 0 aliphatic carbocycles. The number of nitrogens with one attached hydrogen (secondary N) is 1. The Morgan fingerprint density at radius 1 is 0.448 bits per heavy atom. The minimum absolute atomic E-state index is 0.0173. The van der Waals surface area contributed by atoms with Crippen LogP contribution in [0, 0.1) is 0 Å². The summed E-state index contributed by atoms with van der Waals surface area (Å²) in [5.74, 6) is -0.614. The summed E-state index contributed by atoms with van der Waals surface area (Å²) in [4.78, 5) is 26.2. The summed E-state index contributed by atoms with van der Waals surface area (Å²) in [7, 11) is 0. The van der Waals surface area contributed by atoms with Crippen molar-refractivity contribution in [3.05, 3.63) is 97.2 Å². The highest BCUT2D eigenvalue weighted by molar-refractivity contribution is 5.77. The summed E-state index contributed by atoms with van der Waals surface area (Å²) in [6.45, 7) is 6.32. The van der Waals surface area contributed by atoms with E-state index in [1.54, 1.807) is 0 Å². The van der Waals surface area contributed by atoms with Gasteiger partial charge >= 0.3 is 5.97 Å². The fraction of sp³-hybridized carbons (Fsp3) is 0.705. The number of carbonyl (C=O) groups is 2. The summed E-state index contributed by atoms with van der Waals surface area (Å²) >= 11 is 0. The van der Waals surface area contributed by atoms with E-state index >= 15 is 0 Å². The van der Waals surface area contributed by atoms with Crippen molar-refractivity contribution in [2.75, 3.05) is 6.61 Å². The molecule has 3 atom stereocenters. The fourth-order valence-corrected chi connectivity index (χ4v) is 7.96. The van der Waals surface area contributed by atoms with Crippen LogP contribution in [0.2, 0.25) is 0 Å². The summed E-state index contributed by atoms with van der Waals surface area (Å²) < 4.78 is 5.89. The van der Waals surface area contributed by atoms with Gasteiger partial charge in [0.15, 0.2) is 0 Å². The largest absolute Gasteiger partial charge is 0.462 e. The van der Waals surface area contributed by atoms with Gasteiger partial charge in [0.25, 0.3) is 0 Å². The Balaban J connectivity index is 4.71. The molecule has 3 N–H and O–H groups in total. The van der Waals surface area contributed by atoms with Crippen LogP contribution in [-0.2, 0) is 14.3 Å². The van der Waals surface area contributed by atoms with Crippen LogP contribution in [0.3, 0.4) is 0 Å². The molecule has 0 spiro atoms. The van der Waals surface area contributed by atoms with Crippen LogP contribution in [0.5, 0.6) is 0 Å².